The normalized spacial score (nSPS) is 25.7. The van der Waals surface area contributed by atoms with Crippen molar-refractivity contribution in [3.05, 3.63) is 36.4 Å². The predicted octanol–water partition coefficient (Wildman–Crippen LogP) is 1.39. The van der Waals surface area contributed by atoms with E-state index >= 15 is 0 Å². The van der Waals surface area contributed by atoms with Gasteiger partial charge in [0.1, 0.15) is 0 Å². The highest BCUT2D eigenvalue weighted by atomic mass is 16.2. The molecule has 152 valence electrons. The fourth-order valence-corrected chi connectivity index (χ4v) is 5.43. The van der Waals surface area contributed by atoms with Gasteiger partial charge in [-0.15, -0.1) is 0 Å². The van der Waals surface area contributed by atoms with E-state index in [1.165, 1.54) is 0 Å². The third-order valence-electron chi connectivity index (χ3n) is 7.17. The topological polar surface area (TPSA) is 78.4 Å². The second-order valence-electron chi connectivity index (χ2n) is 8.40. The van der Waals surface area contributed by atoms with Gasteiger partial charge in [-0.2, -0.15) is 0 Å². The van der Waals surface area contributed by atoms with E-state index < -0.39 is 0 Å². The molecule has 0 N–H and O–H groups in total. The van der Waals surface area contributed by atoms with Gasteiger partial charge in [0, 0.05) is 63.9 Å². The lowest BCUT2D eigenvalue weighted by Crippen LogP contribution is -2.56. The van der Waals surface area contributed by atoms with Crippen LogP contribution in [0, 0.1) is 11.8 Å². The van der Waals surface area contributed by atoms with Gasteiger partial charge in [0.05, 0.1) is 11.5 Å². The summed E-state index contributed by atoms with van der Waals surface area (Å²) in [5, 5.41) is 0. The Morgan fingerprint density at radius 3 is 2.31 bits per heavy atom. The Balaban J connectivity index is 1.34. The number of amides is 1. The summed E-state index contributed by atoms with van der Waals surface area (Å²) in [5.41, 5.74) is 1.06. The third kappa shape index (κ3) is 2.84. The quantitative estimate of drug-likeness (QED) is 0.780. The van der Waals surface area contributed by atoms with Gasteiger partial charge in [0.2, 0.25) is 17.8 Å². The second kappa shape index (κ2) is 6.93. The molecule has 2 aromatic rings. The van der Waals surface area contributed by atoms with Crippen molar-refractivity contribution in [2.75, 3.05) is 43.0 Å². The lowest BCUT2D eigenvalue weighted by molar-refractivity contribution is -0.132. The largest absolute Gasteiger partial charge is 0.341 e. The number of hydrogen-bond acceptors (Lipinski definition) is 7. The van der Waals surface area contributed by atoms with E-state index in [1.807, 2.05) is 30.4 Å². The molecule has 0 aromatic carbocycles. The first-order chi connectivity index (χ1) is 14.1. The fourth-order valence-electron chi connectivity index (χ4n) is 5.43. The van der Waals surface area contributed by atoms with Gasteiger partial charge >= 0.3 is 0 Å². The Morgan fingerprint density at radius 1 is 1.00 bits per heavy atom. The smallest absolute Gasteiger partial charge is 0.228 e. The maximum absolute atomic E-state index is 13.1. The molecule has 8 nitrogen and oxygen atoms in total. The fraction of sp³-hybridized carbons (Fsp3) is 0.571. The van der Waals surface area contributed by atoms with Gasteiger partial charge < -0.3 is 14.7 Å². The Kier molecular flexibility index (Phi) is 4.37. The summed E-state index contributed by atoms with van der Waals surface area (Å²) in [7, 11) is 1.99. The summed E-state index contributed by atoms with van der Waals surface area (Å²) in [6.07, 6.45) is 10.2. The maximum atomic E-state index is 13.1. The van der Waals surface area contributed by atoms with E-state index in [-0.39, 0.29) is 17.4 Å². The van der Waals surface area contributed by atoms with E-state index in [0.29, 0.717) is 12.5 Å². The van der Waals surface area contributed by atoms with Crippen LogP contribution in [0.1, 0.15) is 25.3 Å². The zero-order valence-electron chi connectivity index (χ0n) is 17.0. The van der Waals surface area contributed by atoms with Gasteiger partial charge in [0.25, 0.3) is 0 Å². The first-order valence-corrected chi connectivity index (χ1v) is 10.5. The number of aryl methyl sites for hydroxylation is 1. The minimum Gasteiger partial charge on any atom is -0.341 e. The molecule has 5 heterocycles. The number of rotatable bonds is 3. The van der Waals surface area contributed by atoms with Crippen molar-refractivity contribution in [1.82, 2.24) is 24.8 Å². The van der Waals surface area contributed by atoms with Gasteiger partial charge in [-0.1, -0.05) is 6.92 Å². The van der Waals surface area contributed by atoms with Crippen LogP contribution in [0.3, 0.4) is 0 Å². The average Bonchev–Trinajstić information content (AvgIpc) is 3.31. The summed E-state index contributed by atoms with van der Waals surface area (Å²) < 4.78 is 0. The molecule has 3 fully saturated rings. The van der Waals surface area contributed by atoms with Gasteiger partial charge in [0.15, 0.2) is 0 Å². The molecule has 0 aliphatic carbocycles. The molecule has 1 spiro atoms. The Labute approximate surface area is 171 Å². The van der Waals surface area contributed by atoms with Crippen LogP contribution in [0.4, 0.5) is 11.9 Å². The number of nitrogens with zero attached hydrogens (tertiary/aromatic N) is 7. The number of anilines is 2. The van der Waals surface area contributed by atoms with E-state index in [4.69, 9.17) is 0 Å². The minimum absolute atomic E-state index is 0.0374. The van der Waals surface area contributed by atoms with Crippen LogP contribution >= 0.6 is 0 Å². The van der Waals surface area contributed by atoms with Gasteiger partial charge in [-0.05, 0) is 30.9 Å². The van der Waals surface area contributed by atoms with E-state index in [9.17, 15) is 4.79 Å². The number of aromatic nitrogens is 4. The van der Waals surface area contributed by atoms with Crippen LogP contribution in [0.5, 0.6) is 0 Å². The summed E-state index contributed by atoms with van der Waals surface area (Å²) in [6, 6.07) is 1.83. The molecule has 3 aliphatic heterocycles. The molecule has 2 aromatic heterocycles. The number of likely N-dealkylation sites (tertiary alicyclic amines) is 1. The first-order valence-electron chi connectivity index (χ1n) is 10.5. The second-order valence-corrected chi connectivity index (χ2v) is 8.40. The summed E-state index contributed by atoms with van der Waals surface area (Å²) in [5.74, 6) is 2.15. The van der Waals surface area contributed by atoms with E-state index in [1.54, 1.807) is 12.4 Å². The summed E-state index contributed by atoms with van der Waals surface area (Å²) in [4.78, 5) is 37.5. The monoisotopic (exact) mass is 393 g/mol. The van der Waals surface area contributed by atoms with Crippen LogP contribution in [-0.2, 0) is 11.2 Å². The Morgan fingerprint density at radius 2 is 1.66 bits per heavy atom. The Bertz CT molecular complexity index is 880. The molecule has 0 bridgehead atoms. The van der Waals surface area contributed by atoms with Crippen molar-refractivity contribution >= 4 is 17.8 Å². The third-order valence-corrected chi connectivity index (χ3v) is 7.17. The minimum atomic E-state index is -0.0921. The van der Waals surface area contributed by atoms with Gasteiger partial charge in [-0.25, -0.2) is 19.9 Å². The number of carbonyl (C=O) groups excluding carboxylic acids is 1. The van der Waals surface area contributed by atoms with Crippen molar-refractivity contribution in [3.8, 4) is 0 Å². The zero-order valence-corrected chi connectivity index (χ0v) is 17.0. The number of piperidine rings is 1. The highest BCUT2D eigenvalue weighted by Gasteiger charge is 2.60. The van der Waals surface area contributed by atoms with Crippen LogP contribution in [-0.4, -0.2) is 69.5 Å². The van der Waals surface area contributed by atoms with Crippen molar-refractivity contribution in [1.29, 1.82) is 0 Å². The highest BCUT2D eigenvalue weighted by molar-refractivity contribution is 5.84. The molecular formula is C21H27N7O. The van der Waals surface area contributed by atoms with Crippen molar-refractivity contribution in [3.63, 3.8) is 0 Å². The molecule has 29 heavy (non-hydrogen) atoms. The molecule has 1 amide bonds. The van der Waals surface area contributed by atoms with Crippen molar-refractivity contribution in [2.45, 2.75) is 31.7 Å². The Hall–Kier alpha value is -2.77. The zero-order chi connectivity index (χ0) is 20.0. The molecule has 0 radical (unpaired) electrons. The van der Waals surface area contributed by atoms with Crippen LogP contribution < -0.4 is 9.80 Å². The molecular weight excluding hydrogens is 366 g/mol. The average molecular weight is 393 g/mol. The molecule has 8 heteroatoms. The lowest BCUT2D eigenvalue weighted by Gasteiger charge is -2.46. The molecule has 2 atom stereocenters. The van der Waals surface area contributed by atoms with Crippen LogP contribution in [0.15, 0.2) is 30.9 Å². The van der Waals surface area contributed by atoms with E-state index in [0.717, 1.165) is 56.4 Å². The molecule has 0 unspecified atom stereocenters. The lowest BCUT2D eigenvalue weighted by atomic mass is 9.75. The molecule has 5 rings (SSSR count). The standard InChI is InChI=1S/C21H27N7O/c1-3-15-11-24-20(25-12-15)27-9-5-21(6-10-27)17-14-28(19-22-7-4-8-23-19)13-16(17)18(29)26(21)2/h4,7-8,11-12,16-17H,3,5-6,9-10,13-14H2,1-2H3/t16-,17+/m0/s1. The van der Waals surface area contributed by atoms with Crippen molar-refractivity contribution in [2.24, 2.45) is 11.8 Å². The SMILES string of the molecule is CCc1cnc(N2CCC3(CC2)[C@@H]2CN(c4ncccn4)C[C@@H]2C(=O)N3C)nc1. The van der Waals surface area contributed by atoms with Crippen molar-refractivity contribution < 1.29 is 4.79 Å². The number of hydrogen-bond donors (Lipinski definition) is 0. The van der Waals surface area contributed by atoms with E-state index in [2.05, 4.69) is 36.7 Å². The highest BCUT2D eigenvalue weighted by Crippen LogP contribution is 2.49. The van der Waals surface area contributed by atoms with Gasteiger partial charge in [-0.3, -0.25) is 4.79 Å². The maximum Gasteiger partial charge on any atom is 0.228 e. The van der Waals surface area contributed by atoms with Crippen LogP contribution in [0.25, 0.3) is 0 Å². The van der Waals surface area contributed by atoms with Crippen LogP contribution in [0.2, 0.25) is 0 Å². The number of carbonyl (C=O) groups is 1. The number of fused-ring (bicyclic) bond motifs is 2. The predicted molar refractivity (Wildman–Crippen MR) is 110 cm³/mol. The summed E-state index contributed by atoms with van der Waals surface area (Å²) in [6.45, 7) is 5.40. The summed E-state index contributed by atoms with van der Waals surface area (Å²) >= 11 is 0. The first kappa shape index (κ1) is 18.3. The molecule has 3 aliphatic rings. The molecule has 3 saturated heterocycles. The molecule has 0 saturated carbocycles.